The number of aliphatic hydroxyl groups is 1. The molecule has 0 radical (unpaired) electrons. The highest BCUT2D eigenvalue weighted by Crippen LogP contribution is 2.36. The molecular formula is C17H27N5O4S. The Bertz CT molecular complexity index is 933. The lowest BCUT2D eigenvalue weighted by Crippen LogP contribution is -2.35. The van der Waals surface area contributed by atoms with Crippen LogP contribution in [0.15, 0.2) is 9.42 Å². The number of β-amino-alcohol motifs (C(OH)–C–C–N with tert-alkyl or cyclic N) is 1. The van der Waals surface area contributed by atoms with Crippen molar-refractivity contribution >= 4 is 10.0 Å². The van der Waals surface area contributed by atoms with Crippen LogP contribution in [-0.2, 0) is 35.5 Å². The molecule has 1 saturated heterocycles. The standard InChI is InChI=1S/C17H27N5O4S/c1-6-12-14(13(7-2)21(5)19-12)27(24,25)22-9-8-17(23,10-22)16-18-15(11(3)4)20-26-16/h11,23H,6-10H2,1-5H3/t17-/m1/s1. The Kier molecular flexibility index (Phi) is 5.17. The van der Waals surface area contributed by atoms with Gasteiger partial charge in [-0.1, -0.05) is 32.9 Å². The molecule has 9 nitrogen and oxygen atoms in total. The molecule has 0 spiro atoms. The summed E-state index contributed by atoms with van der Waals surface area (Å²) in [5, 5.41) is 19.2. The van der Waals surface area contributed by atoms with Crippen LogP contribution in [0.1, 0.15) is 63.1 Å². The van der Waals surface area contributed by atoms with Crippen molar-refractivity contribution in [3.05, 3.63) is 23.1 Å². The minimum atomic E-state index is -3.79. The van der Waals surface area contributed by atoms with Crippen molar-refractivity contribution in [1.82, 2.24) is 24.2 Å². The van der Waals surface area contributed by atoms with E-state index in [4.69, 9.17) is 4.52 Å². The average molecular weight is 398 g/mol. The zero-order valence-corrected chi connectivity index (χ0v) is 17.2. The highest BCUT2D eigenvalue weighted by atomic mass is 32.2. The second-order valence-corrected chi connectivity index (χ2v) is 9.16. The van der Waals surface area contributed by atoms with Crippen molar-refractivity contribution in [2.24, 2.45) is 7.05 Å². The molecule has 0 bridgehead atoms. The lowest BCUT2D eigenvalue weighted by atomic mass is 10.0. The second kappa shape index (κ2) is 6.99. The summed E-state index contributed by atoms with van der Waals surface area (Å²) in [4.78, 5) is 4.52. The van der Waals surface area contributed by atoms with Crippen LogP contribution < -0.4 is 0 Å². The van der Waals surface area contributed by atoms with E-state index in [1.165, 1.54) is 4.31 Å². The summed E-state index contributed by atoms with van der Waals surface area (Å²) in [5.74, 6) is 0.622. The Labute approximate surface area is 159 Å². The summed E-state index contributed by atoms with van der Waals surface area (Å²) in [7, 11) is -2.04. The monoisotopic (exact) mass is 397 g/mol. The lowest BCUT2D eigenvalue weighted by molar-refractivity contribution is 0.0194. The summed E-state index contributed by atoms with van der Waals surface area (Å²) in [6.07, 6.45) is 1.27. The van der Waals surface area contributed by atoms with Gasteiger partial charge in [0.25, 0.3) is 5.89 Å². The molecule has 2 aromatic heterocycles. The molecule has 0 saturated carbocycles. The molecule has 1 fully saturated rings. The highest BCUT2D eigenvalue weighted by Gasteiger charge is 2.48. The minimum Gasteiger partial charge on any atom is -0.379 e. The van der Waals surface area contributed by atoms with Crippen molar-refractivity contribution in [2.45, 2.75) is 63.4 Å². The van der Waals surface area contributed by atoms with Gasteiger partial charge in [0.05, 0.1) is 17.9 Å². The Morgan fingerprint density at radius 1 is 1.30 bits per heavy atom. The normalized spacial score (nSPS) is 21.4. The van der Waals surface area contributed by atoms with Gasteiger partial charge in [0, 0.05) is 25.9 Å². The quantitative estimate of drug-likeness (QED) is 0.782. The summed E-state index contributed by atoms with van der Waals surface area (Å²) in [6.45, 7) is 7.69. The van der Waals surface area contributed by atoms with E-state index in [9.17, 15) is 13.5 Å². The molecule has 27 heavy (non-hydrogen) atoms. The van der Waals surface area contributed by atoms with Crippen LogP contribution in [0.3, 0.4) is 0 Å². The number of rotatable bonds is 6. The summed E-state index contributed by atoms with van der Waals surface area (Å²) in [5.41, 5.74) is -0.263. The van der Waals surface area contributed by atoms with Crippen LogP contribution in [0.5, 0.6) is 0 Å². The Hall–Kier alpha value is -1.78. The van der Waals surface area contributed by atoms with E-state index < -0.39 is 15.6 Å². The van der Waals surface area contributed by atoms with Crippen molar-refractivity contribution in [3.8, 4) is 0 Å². The van der Waals surface area contributed by atoms with E-state index in [1.807, 2.05) is 27.7 Å². The van der Waals surface area contributed by atoms with Gasteiger partial charge in [-0.15, -0.1) is 0 Å². The van der Waals surface area contributed by atoms with E-state index in [2.05, 4.69) is 15.2 Å². The molecule has 0 amide bonds. The first-order valence-corrected chi connectivity index (χ1v) is 10.7. The van der Waals surface area contributed by atoms with Gasteiger partial charge < -0.3 is 9.63 Å². The topological polar surface area (TPSA) is 114 Å². The summed E-state index contributed by atoms with van der Waals surface area (Å²) < 4.78 is 34.8. The maximum absolute atomic E-state index is 13.3. The largest absolute Gasteiger partial charge is 0.379 e. The van der Waals surface area contributed by atoms with Crippen molar-refractivity contribution in [1.29, 1.82) is 0 Å². The van der Waals surface area contributed by atoms with E-state index in [0.717, 1.165) is 0 Å². The zero-order valence-electron chi connectivity index (χ0n) is 16.4. The first-order chi connectivity index (χ1) is 12.6. The van der Waals surface area contributed by atoms with Crippen molar-refractivity contribution in [3.63, 3.8) is 0 Å². The molecule has 10 heteroatoms. The third-order valence-corrected chi connectivity index (χ3v) is 7.00. The third kappa shape index (κ3) is 3.30. The Morgan fingerprint density at radius 3 is 2.56 bits per heavy atom. The second-order valence-electron chi connectivity index (χ2n) is 7.29. The zero-order chi connectivity index (χ0) is 20.0. The number of hydrogen-bond acceptors (Lipinski definition) is 7. The summed E-state index contributed by atoms with van der Waals surface area (Å²) >= 11 is 0. The molecule has 1 N–H and O–H groups in total. The predicted molar refractivity (Wildman–Crippen MR) is 97.6 cm³/mol. The first kappa shape index (κ1) is 20.0. The first-order valence-electron chi connectivity index (χ1n) is 9.25. The molecule has 0 unspecified atom stereocenters. The highest BCUT2D eigenvalue weighted by molar-refractivity contribution is 7.89. The average Bonchev–Trinajstić information content (AvgIpc) is 3.31. The van der Waals surface area contributed by atoms with Gasteiger partial charge in [0.15, 0.2) is 11.4 Å². The van der Waals surface area contributed by atoms with E-state index in [0.29, 0.717) is 30.1 Å². The van der Waals surface area contributed by atoms with Gasteiger partial charge in [-0.25, -0.2) is 8.42 Å². The smallest absolute Gasteiger partial charge is 0.260 e. The van der Waals surface area contributed by atoms with Crippen molar-refractivity contribution < 1.29 is 18.0 Å². The number of aromatic nitrogens is 4. The molecular weight excluding hydrogens is 370 g/mol. The van der Waals surface area contributed by atoms with Crippen LogP contribution >= 0.6 is 0 Å². The molecule has 0 aliphatic carbocycles. The van der Waals surface area contributed by atoms with E-state index in [-0.39, 0.29) is 36.2 Å². The van der Waals surface area contributed by atoms with Crippen LogP contribution in [0.4, 0.5) is 0 Å². The Balaban J connectivity index is 1.94. The fraction of sp³-hybridized carbons (Fsp3) is 0.706. The third-order valence-electron chi connectivity index (χ3n) is 5.02. The fourth-order valence-electron chi connectivity index (χ4n) is 3.45. The molecule has 2 aromatic rings. The molecule has 150 valence electrons. The summed E-state index contributed by atoms with van der Waals surface area (Å²) in [6, 6.07) is 0. The minimum absolute atomic E-state index is 0.0574. The van der Waals surface area contributed by atoms with Gasteiger partial charge >= 0.3 is 0 Å². The predicted octanol–water partition coefficient (Wildman–Crippen LogP) is 1.33. The lowest BCUT2D eigenvalue weighted by Gasteiger charge is -2.20. The van der Waals surface area contributed by atoms with Gasteiger partial charge in [-0.3, -0.25) is 4.68 Å². The fourth-order valence-corrected chi connectivity index (χ4v) is 5.48. The van der Waals surface area contributed by atoms with Gasteiger partial charge in [-0.05, 0) is 12.8 Å². The molecule has 1 aliphatic heterocycles. The molecule has 3 heterocycles. The molecule has 0 aromatic carbocycles. The van der Waals surface area contributed by atoms with E-state index >= 15 is 0 Å². The van der Waals surface area contributed by atoms with Gasteiger partial charge in [0.1, 0.15) is 4.90 Å². The van der Waals surface area contributed by atoms with Crippen LogP contribution in [0.2, 0.25) is 0 Å². The Morgan fingerprint density at radius 2 is 2.00 bits per heavy atom. The SMILES string of the molecule is CCc1nn(C)c(CC)c1S(=O)(=O)N1CC[C@](O)(c2nc(C(C)C)no2)C1. The van der Waals surface area contributed by atoms with Crippen LogP contribution in [0.25, 0.3) is 0 Å². The van der Waals surface area contributed by atoms with E-state index in [1.54, 1.807) is 11.7 Å². The number of sulfonamides is 1. The van der Waals surface area contributed by atoms with Crippen LogP contribution in [0, 0.1) is 0 Å². The molecule has 3 rings (SSSR count). The molecule has 1 aliphatic rings. The molecule has 1 atom stereocenters. The maximum Gasteiger partial charge on any atom is 0.260 e. The van der Waals surface area contributed by atoms with Gasteiger partial charge in [-0.2, -0.15) is 14.4 Å². The maximum atomic E-state index is 13.3. The number of nitrogens with zero attached hydrogens (tertiary/aromatic N) is 5. The van der Waals surface area contributed by atoms with Crippen LogP contribution in [-0.4, -0.2) is 50.8 Å². The number of hydrogen-bond donors (Lipinski definition) is 1. The van der Waals surface area contributed by atoms with Crippen molar-refractivity contribution in [2.75, 3.05) is 13.1 Å². The van der Waals surface area contributed by atoms with Gasteiger partial charge in [0.2, 0.25) is 10.0 Å². The number of aryl methyl sites for hydroxylation is 2.